The molecule has 3 aliphatic rings. The molecule has 2 saturated carbocycles. The van der Waals surface area contributed by atoms with E-state index in [-0.39, 0.29) is 0 Å². The van der Waals surface area contributed by atoms with Gasteiger partial charge in [0.15, 0.2) is 0 Å². The molecule has 2 aliphatic carbocycles. The number of rotatable bonds is 4. The minimum absolute atomic E-state index is 0.565. The van der Waals surface area contributed by atoms with Crippen LogP contribution in [0.5, 0.6) is 0 Å². The van der Waals surface area contributed by atoms with E-state index in [0.717, 1.165) is 18.0 Å². The third-order valence-corrected chi connectivity index (χ3v) is 5.54. The second-order valence-electron chi connectivity index (χ2n) is 7.52. The molecule has 1 atom stereocenters. The number of nitrogens with zero attached hydrogens (tertiary/aromatic N) is 1. The van der Waals surface area contributed by atoms with Crippen molar-refractivity contribution in [3.63, 3.8) is 0 Å². The summed E-state index contributed by atoms with van der Waals surface area (Å²) in [6.07, 6.45) is 10.1. The molecule has 2 nitrogen and oxygen atoms in total. The van der Waals surface area contributed by atoms with Crippen molar-refractivity contribution in [2.75, 3.05) is 19.6 Å². The summed E-state index contributed by atoms with van der Waals surface area (Å²) in [6, 6.07) is 1.82. The quantitative estimate of drug-likeness (QED) is 0.825. The highest BCUT2D eigenvalue weighted by atomic mass is 15.2. The summed E-state index contributed by atoms with van der Waals surface area (Å²) in [5, 5.41) is 3.50. The molecule has 2 heteroatoms. The van der Waals surface area contributed by atoms with E-state index in [0.29, 0.717) is 5.41 Å². The molecule has 3 rings (SSSR count). The molecule has 1 saturated heterocycles. The van der Waals surface area contributed by atoms with Gasteiger partial charge in [0, 0.05) is 18.6 Å². The van der Waals surface area contributed by atoms with Gasteiger partial charge in [-0.1, -0.05) is 20.3 Å². The summed E-state index contributed by atoms with van der Waals surface area (Å²) < 4.78 is 0. The number of nitrogens with one attached hydrogen (secondary N) is 1. The molecule has 1 heterocycles. The third kappa shape index (κ3) is 2.75. The van der Waals surface area contributed by atoms with Gasteiger partial charge in [0.05, 0.1) is 0 Å². The van der Waals surface area contributed by atoms with Crippen LogP contribution >= 0.6 is 0 Å². The number of hydrogen-bond acceptors (Lipinski definition) is 2. The van der Waals surface area contributed by atoms with E-state index in [4.69, 9.17) is 0 Å². The molecular weight excluding hydrogens is 220 g/mol. The van der Waals surface area contributed by atoms with Crippen LogP contribution < -0.4 is 5.32 Å². The zero-order chi connectivity index (χ0) is 12.6. The number of hydrogen-bond donors (Lipinski definition) is 1. The van der Waals surface area contributed by atoms with Gasteiger partial charge in [0.25, 0.3) is 0 Å². The summed E-state index contributed by atoms with van der Waals surface area (Å²) in [5.74, 6) is 0.961. The lowest BCUT2D eigenvalue weighted by atomic mass is 9.85. The maximum atomic E-state index is 3.50. The van der Waals surface area contributed by atoms with E-state index in [9.17, 15) is 0 Å². The van der Waals surface area contributed by atoms with Gasteiger partial charge in [-0.25, -0.2) is 0 Å². The lowest BCUT2D eigenvalue weighted by Gasteiger charge is -2.40. The Balaban J connectivity index is 1.64. The van der Waals surface area contributed by atoms with Gasteiger partial charge in [-0.15, -0.1) is 0 Å². The van der Waals surface area contributed by atoms with Crippen molar-refractivity contribution in [3.8, 4) is 0 Å². The summed E-state index contributed by atoms with van der Waals surface area (Å²) >= 11 is 0. The molecule has 3 fully saturated rings. The van der Waals surface area contributed by atoms with Gasteiger partial charge < -0.3 is 5.32 Å². The molecule has 0 radical (unpaired) electrons. The Kier molecular flexibility index (Phi) is 3.68. The van der Waals surface area contributed by atoms with E-state index in [2.05, 4.69) is 24.1 Å². The first kappa shape index (κ1) is 12.9. The fourth-order valence-electron chi connectivity index (χ4n) is 4.22. The Labute approximate surface area is 113 Å². The summed E-state index contributed by atoms with van der Waals surface area (Å²) in [7, 11) is 0. The van der Waals surface area contributed by atoms with Crippen LogP contribution in [0.15, 0.2) is 0 Å². The van der Waals surface area contributed by atoms with Crippen molar-refractivity contribution in [1.82, 2.24) is 10.2 Å². The maximum Gasteiger partial charge on any atom is 0.0149 e. The van der Waals surface area contributed by atoms with Crippen molar-refractivity contribution >= 4 is 0 Å². The van der Waals surface area contributed by atoms with Gasteiger partial charge in [-0.3, -0.25) is 4.90 Å². The first-order valence-corrected chi connectivity index (χ1v) is 8.13. The first-order valence-electron chi connectivity index (χ1n) is 8.13. The van der Waals surface area contributed by atoms with Crippen LogP contribution in [0, 0.1) is 11.3 Å². The highest BCUT2D eigenvalue weighted by Crippen LogP contribution is 2.44. The highest BCUT2D eigenvalue weighted by molar-refractivity contribution is 4.98. The van der Waals surface area contributed by atoms with E-state index >= 15 is 0 Å². The average molecular weight is 250 g/mol. The minimum atomic E-state index is 0.565. The smallest absolute Gasteiger partial charge is 0.0149 e. The predicted octanol–water partition coefficient (Wildman–Crippen LogP) is 3.03. The lowest BCUT2D eigenvalue weighted by Crippen LogP contribution is -2.47. The molecular formula is C16H30N2. The zero-order valence-corrected chi connectivity index (χ0v) is 12.3. The highest BCUT2D eigenvalue weighted by Gasteiger charge is 2.44. The molecule has 18 heavy (non-hydrogen) atoms. The van der Waals surface area contributed by atoms with E-state index < -0.39 is 0 Å². The Bertz CT molecular complexity index is 277. The van der Waals surface area contributed by atoms with Crippen LogP contribution in [0.1, 0.15) is 58.8 Å². The number of piperidine rings is 1. The van der Waals surface area contributed by atoms with Crippen molar-refractivity contribution in [2.45, 2.75) is 70.9 Å². The van der Waals surface area contributed by atoms with Gasteiger partial charge in [-0.05, 0) is 62.9 Å². The van der Waals surface area contributed by atoms with Crippen LogP contribution in [0.2, 0.25) is 0 Å². The first-order chi connectivity index (χ1) is 8.67. The Morgan fingerprint density at radius 2 is 1.78 bits per heavy atom. The topological polar surface area (TPSA) is 15.3 Å². The molecule has 0 spiro atoms. The van der Waals surface area contributed by atoms with Gasteiger partial charge in [0.2, 0.25) is 0 Å². The summed E-state index contributed by atoms with van der Waals surface area (Å²) in [6.45, 7) is 8.89. The summed E-state index contributed by atoms with van der Waals surface area (Å²) in [5.41, 5.74) is 0.565. The molecule has 0 amide bonds. The maximum absolute atomic E-state index is 3.50. The molecule has 1 aliphatic heterocycles. The monoisotopic (exact) mass is 250 g/mol. The third-order valence-electron chi connectivity index (χ3n) is 5.54. The molecule has 0 aromatic heterocycles. The standard InChI is InChI=1S/C16H30N2/c1-16(2)9-3-4-15(16)18(14-5-6-14)12-13-7-10-17-11-8-13/h13-15,17H,3-12H2,1-2H3. The van der Waals surface area contributed by atoms with Gasteiger partial charge in [-0.2, -0.15) is 0 Å². The second kappa shape index (κ2) is 5.13. The molecule has 1 N–H and O–H groups in total. The normalized spacial score (nSPS) is 33.2. The Morgan fingerprint density at radius 3 is 2.33 bits per heavy atom. The van der Waals surface area contributed by atoms with E-state index in [1.54, 1.807) is 0 Å². The Hall–Kier alpha value is -0.0800. The minimum Gasteiger partial charge on any atom is -0.317 e. The fourth-order valence-corrected chi connectivity index (χ4v) is 4.22. The van der Waals surface area contributed by atoms with Gasteiger partial charge in [0.1, 0.15) is 0 Å². The average Bonchev–Trinajstić information content (AvgIpc) is 3.12. The van der Waals surface area contributed by atoms with Crippen molar-refractivity contribution in [1.29, 1.82) is 0 Å². The van der Waals surface area contributed by atoms with Crippen LogP contribution in [0.3, 0.4) is 0 Å². The van der Waals surface area contributed by atoms with Crippen LogP contribution in [-0.4, -0.2) is 36.6 Å². The second-order valence-corrected chi connectivity index (χ2v) is 7.52. The van der Waals surface area contributed by atoms with Crippen molar-refractivity contribution in [3.05, 3.63) is 0 Å². The SMILES string of the molecule is CC1(C)CCCC1N(CC1CCNCC1)C1CC1. The predicted molar refractivity (Wildman–Crippen MR) is 76.7 cm³/mol. The van der Waals surface area contributed by atoms with Crippen LogP contribution in [0.4, 0.5) is 0 Å². The van der Waals surface area contributed by atoms with E-state index in [1.807, 2.05) is 0 Å². The largest absolute Gasteiger partial charge is 0.317 e. The van der Waals surface area contributed by atoms with E-state index in [1.165, 1.54) is 64.6 Å². The van der Waals surface area contributed by atoms with Crippen molar-refractivity contribution in [2.24, 2.45) is 11.3 Å². The molecule has 104 valence electrons. The Morgan fingerprint density at radius 1 is 1.06 bits per heavy atom. The van der Waals surface area contributed by atoms with Crippen LogP contribution in [0.25, 0.3) is 0 Å². The van der Waals surface area contributed by atoms with Crippen LogP contribution in [-0.2, 0) is 0 Å². The molecule has 0 bridgehead atoms. The molecule has 0 aromatic carbocycles. The van der Waals surface area contributed by atoms with Crippen molar-refractivity contribution < 1.29 is 0 Å². The molecule has 0 aromatic rings. The zero-order valence-electron chi connectivity index (χ0n) is 12.3. The summed E-state index contributed by atoms with van der Waals surface area (Å²) in [4.78, 5) is 2.93. The van der Waals surface area contributed by atoms with Gasteiger partial charge >= 0.3 is 0 Å². The lowest BCUT2D eigenvalue weighted by molar-refractivity contribution is 0.0807. The molecule has 1 unspecified atom stereocenters. The fraction of sp³-hybridized carbons (Fsp3) is 1.00.